The van der Waals surface area contributed by atoms with Crippen molar-refractivity contribution in [2.45, 2.75) is 19.4 Å². The van der Waals surface area contributed by atoms with Crippen LogP contribution in [0.5, 0.6) is 0 Å². The average molecular weight is 313 g/mol. The summed E-state index contributed by atoms with van der Waals surface area (Å²) in [6, 6.07) is 8.53. The number of rotatable bonds is 5. The van der Waals surface area contributed by atoms with Gasteiger partial charge in [-0.05, 0) is 30.9 Å². The van der Waals surface area contributed by atoms with E-state index in [0.717, 1.165) is 22.3 Å². The molecule has 1 aromatic carbocycles. The lowest BCUT2D eigenvalue weighted by atomic mass is 10.1. The molecule has 0 heterocycles. The van der Waals surface area contributed by atoms with Crippen molar-refractivity contribution in [3.05, 3.63) is 28.2 Å². The molecule has 0 spiro atoms. The number of halogens is 1. The summed E-state index contributed by atoms with van der Waals surface area (Å²) in [6.07, 6.45) is 3.23. The molecule has 1 unspecified atom stereocenters. The van der Waals surface area contributed by atoms with E-state index in [0.29, 0.717) is 11.6 Å². The van der Waals surface area contributed by atoms with Crippen LogP contribution in [0, 0.1) is 11.3 Å². The molecular formula is C13H17BrN2S. The number of benzene rings is 1. The maximum absolute atomic E-state index is 8.97. The fraction of sp³-hybridized carbons (Fsp3) is 0.462. The van der Waals surface area contributed by atoms with Crippen molar-refractivity contribution < 1.29 is 0 Å². The number of anilines is 1. The van der Waals surface area contributed by atoms with Gasteiger partial charge in [-0.3, -0.25) is 0 Å². The first kappa shape index (κ1) is 14.4. The van der Waals surface area contributed by atoms with Crippen LogP contribution in [0.3, 0.4) is 0 Å². The lowest BCUT2D eigenvalue weighted by Gasteiger charge is -2.29. The Bertz CT molecular complexity index is 414. The van der Waals surface area contributed by atoms with Crippen LogP contribution in [0.2, 0.25) is 0 Å². The Balaban J connectivity index is 2.98. The normalized spacial score (nSPS) is 11.9. The first-order valence-electron chi connectivity index (χ1n) is 5.54. The van der Waals surface area contributed by atoms with Crippen molar-refractivity contribution in [1.29, 1.82) is 5.26 Å². The molecule has 0 bridgehead atoms. The Hall–Kier alpha value is -0.660. The van der Waals surface area contributed by atoms with Crippen LogP contribution >= 0.6 is 27.7 Å². The topological polar surface area (TPSA) is 27.0 Å². The van der Waals surface area contributed by atoms with E-state index in [4.69, 9.17) is 5.26 Å². The van der Waals surface area contributed by atoms with Gasteiger partial charge in [0.05, 0.1) is 11.6 Å². The first-order valence-corrected chi connectivity index (χ1v) is 7.73. The highest BCUT2D eigenvalue weighted by Gasteiger charge is 2.13. The van der Waals surface area contributed by atoms with Gasteiger partial charge in [0.25, 0.3) is 0 Å². The Morgan fingerprint density at radius 3 is 2.71 bits per heavy atom. The minimum Gasteiger partial charge on any atom is -0.371 e. The number of hydrogen-bond acceptors (Lipinski definition) is 3. The molecule has 0 aromatic heterocycles. The predicted molar refractivity (Wildman–Crippen MR) is 79.7 cm³/mol. The van der Waals surface area contributed by atoms with Gasteiger partial charge in [-0.25, -0.2) is 0 Å². The Morgan fingerprint density at radius 1 is 1.47 bits per heavy atom. The molecule has 1 aromatic rings. The molecular weight excluding hydrogens is 296 g/mol. The van der Waals surface area contributed by atoms with Crippen molar-refractivity contribution in [3.63, 3.8) is 0 Å². The van der Waals surface area contributed by atoms with Gasteiger partial charge in [-0.1, -0.05) is 22.9 Å². The number of hydrogen-bond donors (Lipinski definition) is 0. The largest absolute Gasteiger partial charge is 0.371 e. The van der Waals surface area contributed by atoms with Gasteiger partial charge in [-0.2, -0.15) is 17.0 Å². The second kappa shape index (κ2) is 6.93. The number of thioether (sulfide) groups is 1. The molecule has 0 saturated heterocycles. The highest BCUT2D eigenvalue weighted by molar-refractivity contribution is 9.10. The van der Waals surface area contributed by atoms with Crippen molar-refractivity contribution in [2.75, 3.05) is 24.0 Å². The van der Waals surface area contributed by atoms with Crippen LogP contribution in [0.25, 0.3) is 0 Å². The standard InChI is InChI=1S/C13H17BrN2S/c1-4-12(9-17-3)16(2)13-6-10(8-15)5-11(14)7-13/h5-7,12H,4,9H2,1-3H3. The van der Waals surface area contributed by atoms with E-state index < -0.39 is 0 Å². The van der Waals surface area contributed by atoms with Gasteiger partial charge in [0.1, 0.15) is 0 Å². The molecule has 0 aliphatic rings. The Morgan fingerprint density at radius 2 is 2.18 bits per heavy atom. The summed E-state index contributed by atoms with van der Waals surface area (Å²) < 4.78 is 0.956. The highest BCUT2D eigenvalue weighted by Crippen LogP contribution is 2.24. The average Bonchev–Trinajstić information content (AvgIpc) is 2.34. The molecule has 0 fully saturated rings. The molecule has 0 saturated carbocycles. The third-order valence-electron chi connectivity index (χ3n) is 2.80. The molecule has 4 heteroatoms. The quantitative estimate of drug-likeness (QED) is 0.825. The fourth-order valence-corrected chi connectivity index (χ4v) is 3.07. The second-order valence-corrected chi connectivity index (χ2v) is 5.76. The maximum atomic E-state index is 8.97. The van der Waals surface area contributed by atoms with Gasteiger partial charge >= 0.3 is 0 Å². The van der Waals surface area contributed by atoms with Crippen LogP contribution in [-0.2, 0) is 0 Å². The summed E-state index contributed by atoms with van der Waals surface area (Å²) in [5.74, 6) is 1.10. The SMILES string of the molecule is CCC(CSC)N(C)c1cc(Br)cc(C#N)c1. The molecule has 0 aliphatic heterocycles. The van der Waals surface area contributed by atoms with Gasteiger partial charge in [0.15, 0.2) is 0 Å². The van der Waals surface area contributed by atoms with Gasteiger partial charge in [-0.15, -0.1) is 0 Å². The van der Waals surface area contributed by atoms with Crippen molar-refractivity contribution >= 4 is 33.4 Å². The smallest absolute Gasteiger partial charge is 0.0992 e. The van der Waals surface area contributed by atoms with E-state index >= 15 is 0 Å². The third kappa shape index (κ3) is 3.93. The number of nitriles is 1. The minimum absolute atomic E-state index is 0.505. The highest BCUT2D eigenvalue weighted by atomic mass is 79.9. The summed E-state index contributed by atoms with van der Waals surface area (Å²) >= 11 is 5.30. The zero-order chi connectivity index (χ0) is 12.8. The van der Waals surface area contributed by atoms with Crippen LogP contribution < -0.4 is 4.90 Å². The minimum atomic E-state index is 0.505. The zero-order valence-electron chi connectivity index (χ0n) is 10.4. The third-order valence-corrected chi connectivity index (χ3v) is 3.97. The molecule has 2 nitrogen and oxygen atoms in total. The van der Waals surface area contributed by atoms with Crippen LogP contribution in [0.15, 0.2) is 22.7 Å². The summed E-state index contributed by atoms with van der Waals surface area (Å²) in [7, 11) is 2.09. The van der Waals surface area contributed by atoms with Crippen LogP contribution in [-0.4, -0.2) is 25.1 Å². The van der Waals surface area contributed by atoms with E-state index in [1.165, 1.54) is 0 Å². The number of nitrogens with zero attached hydrogens (tertiary/aromatic N) is 2. The molecule has 1 atom stereocenters. The van der Waals surface area contributed by atoms with Gasteiger partial charge in [0, 0.05) is 29.0 Å². The summed E-state index contributed by atoms with van der Waals surface area (Å²) in [5, 5.41) is 8.97. The fourth-order valence-electron chi connectivity index (χ4n) is 1.75. The molecule has 0 radical (unpaired) electrons. The second-order valence-electron chi connectivity index (χ2n) is 3.94. The van der Waals surface area contributed by atoms with Crippen molar-refractivity contribution in [3.8, 4) is 6.07 Å². The maximum Gasteiger partial charge on any atom is 0.0992 e. The summed E-state index contributed by atoms with van der Waals surface area (Å²) in [4.78, 5) is 2.25. The van der Waals surface area contributed by atoms with Gasteiger partial charge in [0.2, 0.25) is 0 Å². The summed E-state index contributed by atoms with van der Waals surface area (Å²) in [5.41, 5.74) is 1.79. The lowest BCUT2D eigenvalue weighted by molar-refractivity contribution is 0.673. The zero-order valence-corrected chi connectivity index (χ0v) is 12.8. The molecule has 0 N–H and O–H groups in total. The predicted octanol–water partition coefficient (Wildman–Crippen LogP) is 3.90. The monoisotopic (exact) mass is 312 g/mol. The van der Waals surface area contributed by atoms with E-state index in [9.17, 15) is 0 Å². The van der Waals surface area contributed by atoms with E-state index in [1.807, 2.05) is 23.9 Å². The molecule has 17 heavy (non-hydrogen) atoms. The van der Waals surface area contributed by atoms with E-state index in [-0.39, 0.29) is 0 Å². The molecule has 92 valence electrons. The Labute approximate surface area is 116 Å². The summed E-state index contributed by atoms with van der Waals surface area (Å²) in [6.45, 7) is 2.20. The van der Waals surface area contributed by atoms with E-state index in [1.54, 1.807) is 0 Å². The molecule has 0 aliphatic carbocycles. The van der Waals surface area contributed by atoms with Crippen LogP contribution in [0.1, 0.15) is 18.9 Å². The lowest BCUT2D eigenvalue weighted by Crippen LogP contribution is -2.33. The Kier molecular flexibility index (Phi) is 5.87. The van der Waals surface area contributed by atoms with Gasteiger partial charge < -0.3 is 4.90 Å². The van der Waals surface area contributed by atoms with Crippen LogP contribution in [0.4, 0.5) is 5.69 Å². The van der Waals surface area contributed by atoms with Crippen molar-refractivity contribution in [2.24, 2.45) is 0 Å². The molecule has 1 rings (SSSR count). The molecule has 0 amide bonds. The van der Waals surface area contributed by atoms with E-state index in [2.05, 4.69) is 53.2 Å². The van der Waals surface area contributed by atoms with Crippen molar-refractivity contribution in [1.82, 2.24) is 0 Å². The first-order chi connectivity index (χ1) is 8.12.